The molecule has 1 rings (SSSR count). The van der Waals surface area contributed by atoms with Gasteiger partial charge in [0.05, 0.1) is 0 Å². The van der Waals surface area contributed by atoms with Crippen molar-refractivity contribution in [3.05, 3.63) is 21.9 Å². The maximum absolute atomic E-state index is 5.45. The summed E-state index contributed by atoms with van der Waals surface area (Å²) in [5.74, 6) is 0. The van der Waals surface area contributed by atoms with Gasteiger partial charge in [-0.05, 0) is 55.8 Å². The van der Waals surface area contributed by atoms with Crippen molar-refractivity contribution in [3.63, 3.8) is 0 Å². The summed E-state index contributed by atoms with van der Waals surface area (Å²) in [7, 11) is 0. The van der Waals surface area contributed by atoms with Crippen LogP contribution in [0.1, 0.15) is 23.3 Å². The van der Waals surface area contributed by atoms with E-state index in [1.807, 2.05) is 11.3 Å². The molecule has 4 N–H and O–H groups in total. The molecule has 0 spiro atoms. The topological polar surface area (TPSA) is 52.0 Å². The molecule has 0 saturated carbocycles. The number of aryl methyl sites for hydroxylation is 2. The van der Waals surface area contributed by atoms with Crippen LogP contribution in [0.4, 0.5) is 0 Å². The lowest BCUT2D eigenvalue weighted by Gasteiger charge is -1.94. The minimum atomic E-state index is 0.786. The van der Waals surface area contributed by atoms with Crippen molar-refractivity contribution in [2.75, 3.05) is 13.1 Å². The van der Waals surface area contributed by atoms with E-state index in [2.05, 4.69) is 11.4 Å². The quantitative estimate of drug-likeness (QED) is 0.728. The highest BCUT2D eigenvalue weighted by atomic mass is 32.1. The molecule has 0 bridgehead atoms. The van der Waals surface area contributed by atoms with Gasteiger partial charge in [-0.25, -0.2) is 0 Å². The van der Waals surface area contributed by atoms with Gasteiger partial charge in [-0.2, -0.15) is 0 Å². The maximum Gasteiger partial charge on any atom is 0.00485 e. The normalized spacial score (nSPS) is 10.6. The molecule has 0 fully saturated rings. The van der Waals surface area contributed by atoms with E-state index >= 15 is 0 Å². The van der Waals surface area contributed by atoms with Crippen molar-refractivity contribution in [3.8, 4) is 0 Å². The molecule has 1 aromatic heterocycles. The first kappa shape index (κ1) is 10.7. The van der Waals surface area contributed by atoms with E-state index < -0.39 is 0 Å². The molecule has 1 heterocycles. The monoisotopic (exact) mass is 198 g/mol. The van der Waals surface area contributed by atoms with Crippen molar-refractivity contribution < 1.29 is 0 Å². The van der Waals surface area contributed by atoms with Crippen LogP contribution in [0.5, 0.6) is 0 Å². The molecule has 0 aliphatic heterocycles. The van der Waals surface area contributed by atoms with Crippen LogP contribution in [-0.4, -0.2) is 13.1 Å². The van der Waals surface area contributed by atoms with Crippen LogP contribution >= 0.6 is 11.3 Å². The lowest BCUT2D eigenvalue weighted by atomic mass is 10.1. The zero-order chi connectivity index (χ0) is 9.52. The summed E-state index contributed by atoms with van der Waals surface area (Å²) in [6, 6.07) is 2.29. The van der Waals surface area contributed by atoms with Crippen LogP contribution in [0.2, 0.25) is 0 Å². The van der Waals surface area contributed by atoms with Gasteiger partial charge in [-0.3, -0.25) is 0 Å². The third-order valence-electron chi connectivity index (χ3n) is 2.00. The Morgan fingerprint density at radius 1 is 1.08 bits per heavy atom. The molecule has 1 aromatic rings. The molecular weight excluding hydrogens is 180 g/mol. The van der Waals surface area contributed by atoms with Crippen molar-refractivity contribution in [1.29, 1.82) is 0 Å². The summed E-state index contributed by atoms with van der Waals surface area (Å²) in [5, 5.41) is 2.24. The van der Waals surface area contributed by atoms with Gasteiger partial charge < -0.3 is 11.5 Å². The number of rotatable bonds is 6. The highest BCUT2D eigenvalue weighted by molar-refractivity contribution is 7.10. The van der Waals surface area contributed by atoms with Gasteiger partial charge in [0, 0.05) is 4.88 Å². The third-order valence-corrected chi connectivity index (χ3v) is 3.05. The largest absolute Gasteiger partial charge is 0.330 e. The number of thiophene rings is 1. The van der Waals surface area contributed by atoms with Gasteiger partial charge in [-0.15, -0.1) is 11.3 Å². The van der Waals surface area contributed by atoms with Gasteiger partial charge in [-0.1, -0.05) is 0 Å². The van der Waals surface area contributed by atoms with Crippen LogP contribution < -0.4 is 11.5 Å². The summed E-state index contributed by atoms with van der Waals surface area (Å²) in [5.41, 5.74) is 12.3. The van der Waals surface area contributed by atoms with E-state index in [0.717, 1.165) is 38.8 Å². The molecular formula is C10H18N2S. The van der Waals surface area contributed by atoms with E-state index in [9.17, 15) is 0 Å². The van der Waals surface area contributed by atoms with Crippen molar-refractivity contribution in [2.24, 2.45) is 11.5 Å². The highest BCUT2D eigenvalue weighted by Gasteiger charge is 1.98. The van der Waals surface area contributed by atoms with Gasteiger partial charge in [0.2, 0.25) is 0 Å². The molecule has 74 valence electrons. The number of hydrogen-bond acceptors (Lipinski definition) is 3. The Morgan fingerprint density at radius 3 is 2.46 bits per heavy atom. The minimum absolute atomic E-state index is 0.786. The van der Waals surface area contributed by atoms with Gasteiger partial charge >= 0.3 is 0 Å². The Labute approximate surface area is 83.9 Å². The lowest BCUT2D eigenvalue weighted by Crippen LogP contribution is -2.00. The molecule has 0 atom stereocenters. The van der Waals surface area contributed by atoms with Crippen molar-refractivity contribution in [2.45, 2.75) is 25.7 Å². The van der Waals surface area contributed by atoms with Gasteiger partial charge in [0.15, 0.2) is 0 Å². The summed E-state index contributed by atoms with van der Waals surface area (Å²) < 4.78 is 0. The highest BCUT2D eigenvalue weighted by Crippen LogP contribution is 2.17. The summed E-state index contributed by atoms with van der Waals surface area (Å²) in [4.78, 5) is 1.46. The standard InChI is InChI=1S/C10H18N2S/c11-5-1-3-9-7-10(13-8-9)4-2-6-12/h7-8H,1-6,11-12H2. The van der Waals surface area contributed by atoms with E-state index in [4.69, 9.17) is 11.5 Å². The lowest BCUT2D eigenvalue weighted by molar-refractivity contribution is 0.827. The fourth-order valence-electron chi connectivity index (χ4n) is 1.27. The summed E-state index contributed by atoms with van der Waals surface area (Å²) >= 11 is 1.84. The smallest absolute Gasteiger partial charge is 0.00485 e. The SMILES string of the molecule is NCCCc1csc(CCCN)c1. The molecule has 0 aliphatic carbocycles. The van der Waals surface area contributed by atoms with Gasteiger partial charge in [0.1, 0.15) is 0 Å². The number of nitrogens with two attached hydrogens (primary N) is 2. The second-order valence-corrected chi connectivity index (χ2v) is 4.20. The van der Waals surface area contributed by atoms with Gasteiger partial charge in [0.25, 0.3) is 0 Å². The van der Waals surface area contributed by atoms with Crippen LogP contribution in [0, 0.1) is 0 Å². The molecule has 2 nitrogen and oxygen atoms in total. The molecule has 3 heteroatoms. The number of hydrogen-bond donors (Lipinski definition) is 2. The molecule has 0 saturated heterocycles. The summed E-state index contributed by atoms with van der Waals surface area (Å²) in [6.07, 6.45) is 4.43. The Balaban J connectivity index is 2.34. The Morgan fingerprint density at radius 2 is 1.77 bits per heavy atom. The molecule has 0 radical (unpaired) electrons. The molecule has 0 aliphatic rings. The van der Waals surface area contributed by atoms with E-state index in [1.54, 1.807) is 0 Å². The summed E-state index contributed by atoms with van der Waals surface area (Å²) in [6.45, 7) is 1.57. The average molecular weight is 198 g/mol. The maximum atomic E-state index is 5.45. The van der Waals surface area contributed by atoms with E-state index in [0.29, 0.717) is 0 Å². The van der Waals surface area contributed by atoms with E-state index in [-0.39, 0.29) is 0 Å². The van der Waals surface area contributed by atoms with Crippen molar-refractivity contribution in [1.82, 2.24) is 0 Å². The fourth-order valence-corrected chi connectivity index (χ4v) is 2.24. The first-order valence-electron chi connectivity index (χ1n) is 4.83. The Hall–Kier alpha value is -0.380. The molecule has 13 heavy (non-hydrogen) atoms. The zero-order valence-corrected chi connectivity index (χ0v) is 8.78. The van der Waals surface area contributed by atoms with Crippen LogP contribution in [0.15, 0.2) is 11.4 Å². The predicted octanol–water partition coefficient (Wildman–Crippen LogP) is 1.53. The van der Waals surface area contributed by atoms with Crippen molar-refractivity contribution >= 4 is 11.3 Å². The van der Waals surface area contributed by atoms with Crippen LogP contribution in [0.3, 0.4) is 0 Å². The van der Waals surface area contributed by atoms with E-state index in [1.165, 1.54) is 10.4 Å². The van der Waals surface area contributed by atoms with Crippen LogP contribution in [-0.2, 0) is 12.8 Å². The fraction of sp³-hybridized carbons (Fsp3) is 0.600. The Bertz CT molecular complexity index is 210. The first-order valence-corrected chi connectivity index (χ1v) is 5.71. The third kappa shape index (κ3) is 3.89. The molecule has 0 amide bonds. The second kappa shape index (κ2) is 6.13. The minimum Gasteiger partial charge on any atom is -0.330 e. The molecule has 0 aromatic carbocycles. The molecule has 0 unspecified atom stereocenters. The average Bonchev–Trinajstić information content (AvgIpc) is 2.59. The first-order chi connectivity index (χ1) is 6.36. The van der Waals surface area contributed by atoms with Crippen LogP contribution in [0.25, 0.3) is 0 Å². The Kier molecular flexibility index (Phi) is 5.05. The zero-order valence-electron chi connectivity index (χ0n) is 7.96. The predicted molar refractivity (Wildman–Crippen MR) is 59.1 cm³/mol. The second-order valence-electron chi connectivity index (χ2n) is 3.21.